The highest BCUT2D eigenvalue weighted by molar-refractivity contribution is 7.80. The van der Waals surface area contributed by atoms with E-state index >= 15 is 0 Å². The zero-order valence-electron chi connectivity index (χ0n) is 12.0. The van der Waals surface area contributed by atoms with Crippen LogP contribution >= 0.6 is 12.2 Å². The van der Waals surface area contributed by atoms with Crippen LogP contribution in [0.3, 0.4) is 0 Å². The van der Waals surface area contributed by atoms with E-state index in [1.807, 2.05) is 37.3 Å². The lowest BCUT2D eigenvalue weighted by atomic mass is 10.0. The standard InChI is InChI=1S/C16H19NO2S/c1-11(2)14-10-19-16(20)17(14)15(18)9-12(3)13-7-5-4-6-8-13/h4-9,11,14H,10H2,1-3H3/b12-9+/t14-/m1/s1. The number of thiocarbonyl (C=S) groups is 1. The number of carbonyl (C=O) groups is 1. The van der Waals surface area contributed by atoms with E-state index in [2.05, 4.69) is 13.8 Å². The maximum absolute atomic E-state index is 12.4. The summed E-state index contributed by atoms with van der Waals surface area (Å²) in [5, 5.41) is 0.283. The predicted molar refractivity (Wildman–Crippen MR) is 84.1 cm³/mol. The molecule has 1 amide bonds. The number of hydrogen-bond acceptors (Lipinski definition) is 3. The quantitative estimate of drug-likeness (QED) is 0.632. The number of allylic oxidation sites excluding steroid dienone is 1. The van der Waals surface area contributed by atoms with Crippen molar-refractivity contribution in [2.45, 2.75) is 26.8 Å². The molecule has 1 atom stereocenters. The second kappa shape index (κ2) is 6.18. The molecule has 0 unspecified atom stereocenters. The number of ether oxygens (including phenoxy) is 1. The van der Waals surface area contributed by atoms with Crippen LogP contribution in [0, 0.1) is 5.92 Å². The molecule has 3 nitrogen and oxygen atoms in total. The van der Waals surface area contributed by atoms with Crippen LogP contribution < -0.4 is 0 Å². The first-order valence-corrected chi connectivity index (χ1v) is 7.15. The number of carbonyl (C=O) groups excluding carboxylic acids is 1. The molecule has 1 heterocycles. The van der Waals surface area contributed by atoms with Crippen molar-refractivity contribution < 1.29 is 9.53 Å². The minimum atomic E-state index is -0.104. The molecule has 1 aliphatic rings. The Hall–Kier alpha value is -1.68. The molecule has 0 bridgehead atoms. The lowest BCUT2D eigenvalue weighted by molar-refractivity contribution is -0.123. The highest BCUT2D eigenvalue weighted by Gasteiger charge is 2.35. The van der Waals surface area contributed by atoms with Gasteiger partial charge in [-0.05, 0) is 36.2 Å². The summed E-state index contributed by atoms with van der Waals surface area (Å²) in [6.07, 6.45) is 1.63. The topological polar surface area (TPSA) is 29.5 Å². The van der Waals surface area contributed by atoms with Gasteiger partial charge in [0.25, 0.3) is 11.1 Å². The van der Waals surface area contributed by atoms with Crippen LogP contribution in [-0.2, 0) is 9.53 Å². The van der Waals surface area contributed by atoms with Crippen LogP contribution in [0.15, 0.2) is 36.4 Å². The van der Waals surface area contributed by atoms with E-state index in [1.54, 1.807) is 11.0 Å². The van der Waals surface area contributed by atoms with Crippen molar-refractivity contribution in [3.63, 3.8) is 0 Å². The summed E-state index contributed by atoms with van der Waals surface area (Å²) in [5.74, 6) is 0.206. The van der Waals surface area contributed by atoms with E-state index in [4.69, 9.17) is 17.0 Å². The Morgan fingerprint density at radius 2 is 2.05 bits per heavy atom. The molecular formula is C16H19NO2S. The molecule has 0 saturated carbocycles. The minimum absolute atomic E-state index is 0.0230. The molecule has 0 aromatic heterocycles. The smallest absolute Gasteiger partial charge is 0.266 e. The van der Waals surface area contributed by atoms with Crippen molar-refractivity contribution >= 4 is 28.9 Å². The number of benzene rings is 1. The van der Waals surface area contributed by atoms with Crippen molar-refractivity contribution in [1.82, 2.24) is 4.90 Å². The second-order valence-corrected chi connectivity index (χ2v) is 5.64. The molecule has 4 heteroatoms. The number of rotatable bonds is 3. The molecule has 0 N–H and O–H groups in total. The third-order valence-corrected chi connectivity index (χ3v) is 3.80. The highest BCUT2D eigenvalue weighted by Crippen LogP contribution is 2.22. The average Bonchev–Trinajstić information content (AvgIpc) is 2.81. The highest BCUT2D eigenvalue weighted by atomic mass is 32.1. The van der Waals surface area contributed by atoms with Crippen LogP contribution in [-0.4, -0.2) is 28.6 Å². The van der Waals surface area contributed by atoms with E-state index in [0.717, 1.165) is 11.1 Å². The van der Waals surface area contributed by atoms with Gasteiger partial charge in [0.1, 0.15) is 6.61 Å². The molecule has 1 aliphatic heterocycles. The Bertz CT molecular complexity index is 537. The fourth-order valence-electron chi connectivity index (χ4n) is 2.22. The molecule has 106 valence electrons. The summed E-state index contributed by atoms with van der Waals surface area (Å²) in [5.41, 5.74) is 1.96. The van der Waals surface area contributed by atoms with Crippen LogP contribution in [0.5, 0.6) is 0 Å². The van der Waals surface area contributed by atoms with Gasteiger partial charge < -0.3 is 4.74 Å². The first-order chi connectivity index (χ1) is 9.50. The molecular weight excluding hydrogens is 270 g/mol. The van der Waals surface area contributed by atoms with Crippen LogP contribution in [0.1, 0.15) is 26.3 Å². The van der Waals surface area contributed by atoms with Gasteiger partial charge in [0.15, 0.2) is 0 Å². The van der Waals surface area contributed by atoms with Crippen molar-refractivity contribution in [3.8, 4) is 0 Å². The van der Waals surface area contributed by atoms with Crippen molar-refractivity contribution in [2.24, 2.45) is 5.92 Å². The summed E-state index contributed by atoms with van der Waals surface area (Å²) >= 11 is 5.14. The van der Waals surface area contributed by atoms with E-state index in [0.29, 0.717) is 12.5 Å². The third kappa shape index (κ3) is 3.07. The largest absolute Gasteiger partial charge is 0.468 e. The fourth-order valence-corrected chi connectivity index (χ4v) is 2.51. The number of amides is 1. The second-order valence-electron chi connectivity index (χ2n) is 5.29. The lowest BCUT2D eigenvalue weighted by Crippen LogP contribution is -2.40. The van der Waals surface area contributed by atoms with Gasteiger partial charge in [0, 0.05) is 6.08 Å². The molecule has 2 rings (SSSR count). The van der Waals surface area contributed by atoms with Gasteiger partial charge >= 0.3 is 0 Å². The summed E-state index contributed by atoms with van der Waals surface area (Å²) < 4.78 is 5.36. The van der Waals surface area contributed by atoms with Gasteiger partial charge in [-0.15, -0.1) is 0 Å². The molecule has 0 aliphatic carbocycles. The predicted octanol–water partition coefficient (Wildman–Crippen LogP) is 3.26. The van der Waals surface area contributed by atoms with Crippen LogP contribution in [0.4, 0.5) is 0 Å². The fraction of sp³-hybridized carbons (Fsp3) is 0.375. The molecule has 0 spiro atoms. The SMILES string of the molecule is C/C(=C\C(=O)N1C(=S)OC[C@@H]1C(C)C)c1ccccc1. The van der Waals surface area contributed by atoms with Crippen molar-refractivity contribution in [3.05, 3.63) is 42.0 Å². The monoisotopic (exact) mass is 289 g/mol. The zero-order valence-corrected chi connectivity index (χ0v) is 12.8. The van der Waals surface area contributed by atoms with Crippen molar-refractivity contribution in [2.75, 3.05) is 6.61 Å². The molecule has 1 aromatic rings. The molecule has 0 radical (unpaired) electrons. The lowest BCUT2D eigenvalue weighted by Gasteiger charge is -2.22. The Kier molecular flexibility index (Phi) is 4.55. The van der Waals surface area contributed by atoms with Gasteiger partial charge in [-0.3, -0.25) is 9.69 Å². The van der Waals surface area contributed by atoms with Gasteiger partial charge in [-0.1, -0.05) is 44.2 Å². The van der Waals surface area contributed by atoms with Gasteiger partial charge in [-0.2, -0.15) is 0 Å². The first kappa shape index (κ1) is 14.7. The molecule has 1 fully saturated rings. The zero-order chi connectivity index (χ0) is 14.7. The number of nitrogens with zero attached hydrogens (tertiary/aromatic N) is 1. The Morgan fingerprint density at radius 1 is 1.40 bits per heavy atom. The van der Waals surface area contributed by atoms with Gasteiger partial charge in [-0.25, -0.2) is 0 Å². The van der Waals surface area contributed by atoms with Gasteiger partial charge in [0.05, 0.1) is 6.04 Å². The van der Waals surface area contributed by atoms with E-state index in [9.17, 15) is 4.79 Å². The third-order valence-electron chi connectivity index (χ3n) is 3.48. The first-order valence-electron chi connectivity index (χ1n) is 6.74. The van der Waals surface area contributed by atoms with Crippen LogP contribution in [0.2, 0.25) is 0 Å². The van der Waals surface area contributed by atoms with Crippen molar-refractivity contribution in [1.29, 1.82) is 0 Å². The van der Waals surface area contributed by atoms with E-state index < -0.39 is 0 Å². The summed E-state index contributed by atoms with van der Waals surface area (Å²) in [6.45, 7) is 6.55. The molecule has 1 saturated heterocycles. The minimum Gasteiger partial charge on any atom is -0.468 e. The summed E-state index contributed by atoms with van der Waals surface area (Å²) in [6, 6.07) is 9.86. The summed E-state index contributed by atoms with van der Waals surface area (Å²) in [4.78, 5) is 14.0. The molecule has 1 aromatic carbocycles. The summed E-state index contributed by atoms with van der Waals surface area (Å²) in [7, 11) is 0. The van der Waals surface area contributed by atoms with Gasteiger partial charge in [0.2, 0.25) is 0 Å². The number of hydrogen-bond donors (Lipinski definition) is 0. The molecule has 20 heavy (non-hydrogen) atoms. The Balaban J connectivity index is 2.20. The maximum Gasteiger partial charge on any atom is 0.266 e. The van der Waals surface area contributed by atoms with E-state index in [1.165, 1.54) is 0 Å². The Morgan fingerprint density at radius 3 is 2.65 bits per heavy atom. The van der Waals surface area contributed by atoms with E-state index in [-0.39, 0.29) is 17.1 Å². The Labute approximate surface area is 125 Å². The average molecular weight is 289 g/mol. The maximum atomic E-state index is 12.4. The normalized spacial score (nSPS) is 19.4. The van der Waals surface area contributed by atoms with Crippen LogP contribution in [0.25, 0.3) is 5.57 Å².